The minimum atomic E-state index is 0.467. The molecule has 2 rings (SSSR count). The molecule has 0 heterocycles. The second-order valence-corrected chi connectivity index (χ2v) is 6.98. The third-order valence-corrected chi connectivity index (χ3v) is 4.47. The van der Waals surface area contributed by atoms with E-state index in [9.17, 15) is 0 Å². The predicted octanol–water partition coefficient (Wildman–Crippen LogP) is 4.87. The standard InChI is InChI=1S/C18H29N/c1-5-6-15-7-9-16(10-8-15)14(2)19-17-11-12-18(3,4)13-17/h7-10,14,17,19H,5-6,11-13H2,1-4H3. The first-order valence-electron chi connectivity index (χ1n) is 7.85. The van der Waals surface area contributed by atoms with Crippen molar-refractivity contribution in [1.29, 1.82) is 0 Å². The van der Waals surface area contributed by atoms with Gasteiger partial charge in [0.2, 0.25) is 0 Å². The third kappa shape index (κ3) is 4.07. The minimum absolute atomic E-state index is 0.467. The van der Waals surface area contributed by atoms with Crippen LogP contribution in [0.3, 0.4) is 0 Å². The monoisotopic (exact) mass is 259 g/mol. The van der Waals surface area contributed by atoms with Gasteiger partial charge < -0.3 is 5.32 Å². The first kappa shape index (κ1) is 14.6. The smallest absolute Gasteiger partial charge is 0.0294 e. The summed E-state index contributed by atoms with van der Waals surface area (Å²) >= 11 is 0. The number of benzene rings is 1. The van der Waals surface area contributed by atoms with E-state index in [4.69, 9.17) is 0 Å². The zero-order chi connectivity index (χ0) is 13.9. The fourth-order valence-electron chi connectivity index (χ4n) is 3.29. The van der Waals surface area contributed by atoms with Crippen molar-refractivity contribution in [2.24, 2.45) is 5.41 Å². The Hall–Kier alpha value is -0.820. The SMILES string of the molecule is CCCc1ccc(C(C)NC2CCC(C)(C)C2)cc1. The Morgan fingerprint density at radius 2 is 1.95 bits per heavy atom. The molecule has 0 aliphatic heterocycles. The van der Waals surface area contributed by atoms with E-state index >= 15 is 0 Å². The van der Waals surface area contributed by atoms with Crippen molar-refractivity contribution in [2.45, 2.75) is 71.9 Å². The molecule has 2 unspecified atom stereocenters. The summed E-state index contributed by atoms with van der Waals surface area (Å²) < 4.78 is 0. The maximum atomic E-state index is 3.80. The molecule has 0 radical (unpaired) electrons. The molecule has 1 fully saturated rings. The maximum Gasteiger partial charge on any atom is 0.0294 e. The van der Waals surface area contributed by atoms with Gasteiger partial charge in [0, 0.05) is 12.1 Å². The fourth-order valence-corrected chi connectivity index (χ4v) is 3.29. The van der Waals surface area contributed by atoms with Crippen molar-refractivity contribution in [3.63, 3.8) is 0 Å². The Kier molecular flexibility index (Phi) is 4.67. The molecular weight excluding hydrogens is 230 g/mol. The lowest BCUT2D eigenvalue weighted by atomic mass is 9.91. The Morgan fingerprint density at radius 3 is 2.47 bits per heavy atom. The number of nitrogens with one attached hydrogen (secondary N) is 1. The molecule has 1 saturated carbocycles. The van der Waals surface area contributed by atoms with E-state index in [-0.39, 0.29) is 0 Å². The molecular formula is C18H29N. The lowest BCUT2D eigenvalue weighted by Gasteiger charge is -2.22. The fraction of sp³-hybridized carbons (Fsp3) is 0.667. The summed E-state index contributed by atoms with van der Waals surface area (Å²) in [5, 5.41) is 3.80. The van der Waals surface area contributed by atoms with Gasteiger partial charge in [0.1, 0.15) is 0 Å². The van der Waals surface area contributed by atoms with E-state index in [1.807, 2.05) is 0 Å². The molecule has 1 aliphatic carbocycles. The average molecular weight is 259 g/mol. The van der Waals surface area contributed by atoms with Gasteiger partial charge in [0.05, 0.1) is 0 Å². The Bertz CT molecular complexity index is 391. The molecule has 0 saturated heterocycles. The Balaban J connectivity index is 1.91. The molecule has 2 atom stereocenters. The van der Waals surface area contributed by atoms with Gasteiger partial charge in [-0.05, 0) is 49.1 Å². The summed E-state index contributed by atoms with van der Waals surface area (Å²) in [6.45, 7) is 9.30. The van der Waals surface area contributed by atoms with Gasteiger partial charge in [0.15, 0.2) is 0 Å². The van der Waals surface area contributed by atoms with E-state index in [1.165, 1.54) is 43.2 Å². The van der Waals surface area contributed by atoms with Crippen LogP contribution < -0.4 is 5.32 Å². The summed E-state index contributed by atoms with van der Waals surface area (Å²) in [7, 11) is 0. The van der Waals surface area contributed by atoms with E-state index in [0.29, 0.717) is 17.5 Å². The molecule has 19 heavy (non-hydrogen) atoms. The first-order valence-corrected chi connectivity index (χ1v) is 7.85. The van der Waals surface area contributed by atoms with E-state index in [2.05, 4.69) is 57.3 Å². The summed E-state index contributed by atoms with van der Waals surface area (Å²) in [5.74, 6) is 0. The number of hydrogen-bond donors (Lipinski definition) is 1. The van der Waals surface area contributed by atoms with Crippen LogP contribution in [0.15, 0.2) is 24.3 Å². The van der Waals surface area contributed by atoms with Crippen molar-refractivity contribution in [3.05, 3.63) is 35.4 Å². The third-order valence-electron chi connectivity index (χ3n) is 4.47. The van der Waals surface area contributed by atoms with E-state index in [1.54, 1.807) is 0 Å². The molecule has 0 aromatic heterocycles. The largest absolute Gasteiger partial charge is 0.307 e. The van der Waals surface area contributed by atoms with Crippen LogP contribution in [-0.4, -0.2) is 6.04 Å². The van der Waals surface area contributed by atoms with Crippen molar-refractivity contribution < 1.29 is 0 Å². The van der Waals surface area contributed by atoms with Crippen molar-refractivity contribution in [3.8, 4) is 0 Å². The topological polar surface area (TPSA) is 12.0 Å². The van der Waals surface area contributed by atoms with Gasteiger partial charge >= 0.3 is 0 Å². The highest BCUT2D eigenvalue weighted by Gasteiger charge is 2.31. The van der Waals surface area contributed by atoms with Crippen molar-refractivity contribution in [2.75, 3.05) is 0 Å². The molecule has 0 spiro atoms. The van der Waals surface area contributed by atoms with E-state index in [0.717, 1.165) is 0 Å². The highest BCUT2D eigenvalue weighted by Crippen LogP contribution is 2.37. The molecule has 0 bridgehead atoms. The molecule has 1 aliphatic rings. The molecule has 0 amide bonds. The summed E-state index contributed by atoms with van der Waals surface area (Å²) in [4.78, 5) is 0. The number of aryl methyl sites for hydroxylation is 1. The minimum Gasteiger partial charge on any atom is -0.307 e. The van der Waals surface area contributed by atoms with Crippen LogP contribution in [0.5, 0.6) is 0 Å². The van der Waals surface area contributed by atoms with Crippen LogP contribution in [0, 0.1) is 5.41 Å². The Labute approximate surface area is 118 Å². The van der Waals surface area contributed by atoms with Crippen LogP contribution in [0.1, 0.15) is 70.5 Å². The second-order valence-electron chi connectivity index (χ2n) is 6.98. The van der Waals surface area contributed by atoms with Crippen LogP contribution in [0.25, 0.3) is 0 Å². The summed E-state index contributed by atoms with van der Waals surface area (Å²) in [6.07, 6.45) is 6.41. The van der Waals surface area contributed by atoms with Gasteiger partial charge in [-0.2, -0.15) is 0 Å². The second kappa shape index (κ2) is 6.09. The highest BCUT2D eigenvalue weighted by atomic mass is 15.0. The maximum absolute atomic E-state index is 3.80. The number of rotatable bonds is 5. The predicted molar refractivity (Wildman–Crippen MR) is 83.4 cm³/mol. The normalized spacial score (nSPS) is 23.5. The van der Waals surface area contributed by atoms with Crippen LogP contribution >= 0.6 is 0 Å². The van der Waals surface area contributed by atoms with Gasteiger partial charge in [0.25, 0.3) is 0 Å². The summed E-state index contributed by atoms with van der Waals surface area (Å²) in [5.41, 5.74) is 3.41. The quantitative estimate of drug-likeness (QED) is 0.795. The average Bonchev–Trinajstić information content (AvgIpc) is 2.70. The number of hydrogen-bond acceptors (Lipinski definition) is 1. The Morgan fingerprint density at radius 1 is 1.26 bits per heavy atom. The highest BCUT2D eigenvalue weighted by molar-refractivity contribution is 5.25. The van der Waals surface area contributed by atoms with Crippen molar-refractivity contribution in [1.82, 2.24) is 5.32 Å². The van der Waals surface area contributed by atoms with Crippen LogP contribution in [0.2, 0.25) is 0 Å². The van der Waals surface area contributed by atoms with Crippen LogP contribution in [0.4, 0.5) is 0 Å². The van der Waals surface area contributed by atoms with Gasteiger partial charge in [-0.3, -0.25) is 0 Å². The first-order chi connectivity index (χ1) is 9.00. The molecule has 1 aromatic carbocycles. The molecule has 106 valence electrons. The van der Waals surface area contributed by atoms with Gasteiger partial charge in [-0.25, -0.2) is 0 Å². The van der Waals surface area contributed by atoms with Gasteiger partial charge in [-0.1, -0.05) is 51.5 Å². The lowest BCUT2D eigenvalue weighted by molar-refractivity contribution is 0.356. The van der Waals surface area contributed by atoms with Crippen molar-refractivity contribution >= 4 is 0 Å². The zero-order valence-electron chi connectivity index (χ0n) is 13.0. The van der Waals surface area contributed by atoms with Gasteiger partial charge in [-0.15, -0.1) is 0 Å². The lowest BCUT2D eigenvalue weighted by Crippen LogP contribution is -2.30. The summed E-state index contributed by atoms with van der Waals surface area (Å²) in [6, 6.07) is 10.3. The zero-order valence-corrected chi connectivity index (χ0v) is 13.0. The molecule has 1 nitrogen and oxygen atoms in total. The molecule has 1 aromatic rings. The molecule has 1 heteroatoms. The molecule has 1 N–H and O–H groups in total. The van der Waals surface area contributed by atoms with E-state index < -0.39 is 0 Å². The van der Waals surface area contributed by atoms with Crippen LogP contribution in [-0.2, 0) is 6.42 Å².